The lowest BCUT2D eigenvalue weighted by Gasteiger charge is -2.10. The smallest absolute Gasteiger partial charge is 0.121 e. The first kappa shape index (κ1) is 10.4. The van der Waals surface area contributed by atoms with E-state index in [-0.39, 0.29) is 0 Å². The SMILES string of the molecule is C=CCNc1cccc(O)c1CC=C. The Labute approximate surface area is 84.6 Å². The van der Waals surface area contributed by atoms with Crippen molar-refractivity contribution in [2.75, 3.05) is 11.9 Å². The summed E-state index contributed by atoms with van der Waals surface area (Å²) >= 11 is 0. The highest BCUT2D eigenvalue weighted by Crippen LogP contribution is 2.25. The van der Waals surface area contributed by atoms with Crippen LogP contribution >= 0.6 is 0 Å². The molecule has 2 heteroatoms. The monoisotopic (exact) mass is 189 g/mol. The largest absolute Gasteiger partial charge is 0.508 e. The lowest BCUT2D eigenvalue weighted by molar-refractivity contribution is 0.470. The summed E-state index contributed by atoms with van der Waals surface area (Å²) in [6.07, 6.45) is 4.21. The summed E-state index contributed by atoms with van der Waals surface area (Å²) in [5, 5.41) is 12.8. The van der Waals surface area contributed by atoms with Crippen LogP contribution in [0.5, 0.6) is 5.75 Å². The van der Waals surface area contributed by atoms with E-state index in [0.717, 1.165) is 11.3 Å². The normalized spacial score (nSPS) is 9.43. The van der Waals surface area contributed by atoms with Gasteiger partial charge in [0, 0.05) is 17.8 Å². The Kier molecular flexibility index (Phi) is 3.80. The van der Waals surface area contributed by atoms with Crippen molar-refractivity contribution in [2.45, 2.75) is 6.42 Å². The fourth-order valence-electron chi connectivity index (χ4n) is 1.28. The quantitative estimate of drug-likeness (QED) is 0.698. The van der Waals surface area contributed by atoms with Crippen molar-refractivity contribution in [1.82, 2.24) is 0 Å². The Hall–Kier alpha value is -1.70. The van der Waals surface area contributed by atoms with Crippen LogP contribution in [0.2, 0.25) is 0 Å². The van der Waals surface area contributed by atoms with E-state index in [9.17, 15) is 5.11 Å². The summed E-state index contributed by atoms with van der Waals surface area (Å²) in [5.41, 5.74) is 1.81. The minimum Gasteiger partial charge on any atom is -0.508 e. The molecule has 0 aliphatic rings. The van der Waals surface area contributed by atoms with Gasteiger partial charge in [0.1, 0.15) is 5.75 Å². The maximum Gasteiger partial charge on any atom is 0.121 e. The fourth-order valence-corrected chi connectivity index (χ4v) is 1.28. The van der Waals surface area contributed by atoms with Crippen molar-refractivity contribution in [3.05, 3.63) is 49.1 Å². The maximum atomic E-state index is 9.61. The average Bonchev–Trinajstić information content (AvgIpc) is 2.19. The van der Waals surface area contributed by atoms with Gasteiger partial charge in [-0.15, -0.1) is 13.2 Å². The molecule has 74 valence electrons. The third-order valence-corrected chi connectivity index (χ3v) is 1.94. The van der Waals surface area contributed by atoms with Gasteiger partial charge in [-0.2, -0.15) is 0 Å². The summed E-state index contributed by atoms with van der Waals surface area (Å²) in [6.45, 7) is 7.98. The second kappa shape index (κ2) is 5.12. The van der Waals surface area contributed by atoms with Crippen LogP contribution in [-0.4, -0.2) is 11.7 Å². The molecule has 0 saturated carbocycles. The zero-order chi connectivity index (χ0) is 10.4. The molecule has 2 nitrogen and oxygen atoms in total. The van der Waals surface area contributed by atoms with Crippen LogP contribution in [-0.2, 0) is 6.42 Å². The van der Waals surface area contributed by atoms with E-state index in [4.69, 9.17) is 0 Å². The number of phenolic OH excluding ortho intramolecular Hbond substituents is 1. The molecule has 0 saturated heterocycles. The highest BCUT2D eigenvalue weighted by atomic mass is 16.3. The van der Waals surface area contributed by atoms with Crippen LogP contribution in [0, 0.1) is 0 Å². The van der Waals surface area contributed by atoms with Gasteiger partial charge >= 0.3 is 0 Å². The fraction of sp³-hybridized carbons (Fsp3) is 0.167. The predicted molar refractivity (Wildman–Crippen MR) is 60.7 cm³/mol. The molecular formula is C12H15NO. The number of rotatable bonds is 5. The molecule has 0 radical (unpaired) electrons. The van der Waals surface area contributed by atoms with Gasteiger partial charge in [-0.3, -0.25) is 0 Å². The van der Waals surface area contributed by atoms with Gasteiger partial charge in [-0.05, 0) is 18.6 Å². The van der Waals surface area contributed by atoms with E-state index < -0.39 is 0 Å². The number of allylic oxidation sites excluding steroid dienone is 1. The summed E-state index contributed by atoms with van der Waals surface area (Å²) in [6, 6.07) is 5.42. The molecule has 0 aromatic heterocycles. The number of benzene rings is 1. The number of nitrogens with one attached hydrogen (secondary N) is 1. The van der Waals surface area contributed by atoms with Crippen molar-refractivity contribution in [2.24, 2.45) is 0 Å². The summed E-state index contributed by atoms with van der Waals surface area (Å²) in [7, 11) is 0. The Morgan fingerprint density at radius 2 is 2.07 bits per heavy atom. The highest BCUT2D eigenvalue weighted by molar-refractivity contribution is 5.58. The highest BCUT2D eigenvalue weighted by Gasteiger charge is 2.04. The third kappa shape index (κ3) is 2.39. The zero-order valence-electron chi connectivity index (χ0n) is 8.16. The standard InChI is InChI=1S/C12H15NO/c1-3-6-10-11(13-9-4-2)7-5-8-12(10)14/h3-5,7-8,13-14H,1-2,6,9H2. The molecule has 0 unspecified atom stereocenters. The molecule has 1 aromatic carbocycles. The van der Waals surface area contributed by atoms with E-state index in [2.05, 4.69) is 18.5 Å². The van der Waals surface area contributed by atoms with Crippen molar-refractivity contribution >= 4 is 5.69 Å². The van der Waals surface area contributed by atoms with Gasteiger partial charge in [-0.1, -0.05) is 18.2 Å². The Morgan fingerprint density at radius 3 is 2.71 bits per heavy atom. The van der Waals surface area contributed by atoms with Crippen LogP contribution in [0.25, 0.3) is 0 Å². The lowest BCUT2D eigenvalue weighted by Crippen LogP contribution is -2.01. The number of anilines is 1. The molecule has 0 fully saturated rings. The average molecular weight is 189 g/mol. The number of hydrogen-bond acceptors (Lipinski definition) is 2. The second-order valence-electron chi connectivity index (χ2n) is 2.97. The second-order valence-corrected chi connectivity index (χ2v) is 2.97. The van der Waals surface area contributed by atoms with Crippen molar-refractivity contribution in [1.29, 1.82) is 0 Å². The van der Waals surface area contributed by atoms with Gasteiger partial charge in [0.05, 0.1) is 0 Å². The summed E-state index contributed by atoms with van der Waals surface area (Å²) in [5.74, 6) is 0.305. The molecule has 0 aliphatic carbocycles. The zero-order valence-corrected chi connectivity index (χ0v) is 8.16. The van der Waals surface area contributed by atoms with Gasteiger partial charge < -0.3 is 10.4 Å². The molecule has 1 rings (SSSR count). The maximum absolute atomic E-state index is 9.61. The molecule has 1 aromatic rings. The minimum absolute atomic E-state index is 0.305. The molecule has 0 atom stereocenters. The summed E-state index contributed by atoms with van der Waals surface area (Å²) < 4.78 is 0. The first-order valence-corrected chi connectivity index (χ1v) is 4.56. The minimum atomic E-state index is 0.305. The Morgan fingerprint density at radius 1 is 1.29 bits per heavy atom. The number of aromatic hydroxyl groups is 1. The van der Waals surface area contributed by atoms with Crippen LogP contribution in [0.3, 0.4) is 0 Å². The lowest BCUT2D eigenvalue weighted by atomic mass is 10.1. The Balaban J connectivity index is 2.94. The van der Waals surface area contributed by atoms with E-state index in [1.54, 1.807) is 18.2 Å². The molecule has 0 heterocycles. The topological polar surface area (TPSA) is 32.3 Å². The third-order valence-electron chi connectivity index (χ3n) is 1.94. The van der Waals surface area contributed by atoms with Gasteiger partial charge in [0.25, 0.3) is 0 Å². The molecular weight excluding hydrogens is 174 g/mol. The summed E-state index contributed by atoms with van der Waals surface area (Å²) in [4.78, 5) is 0. The van der Waals surface area contributed by atoms with Crippen molar-refractivity contribution in [3.63, 3.8) is 0 Å². The molecule has 0 aliphatic heterocycles. The van der Waals surface area contributed by atoms with E-state index in [1.807, 2.05) is 12.1 Å². The number of phenols is 1. The van der Waals surface area contributed by atoms with E-state index >= 15 is 0 Å². The van der Waals surface area contributed by atoms with Crippen LogP contribution < -0.4 is 5.32 Å². The van der Waals surface area contributed by atoms with Crippen LogP contribution in [0.1, 0.15) is 5.56 Å². The van der Waals surface area contributed by atoms with Crippen molar-refractivity contribution in [3.8, 4) is 5.75 Å². The first-order chi connectivity index (χ1) is 6.79. The number of hydrogen-bond donors (Lipinski definition) is 2. The molecule has 0 bridgehead atoms. The van der Waals surface area contributed by atoms with Crippen LogP contribution in [0.15, 0.2) is 43.5 Å². The molecule has 0 amide bonds. The predicted octanol–water partition coefficient (Wildman–Crippen LogP) is 2.72. The van der Waals surface area contributed by atoms with Gasteiger partial charge in [0.15, 0.2) is 0 Å². The van der Waals surface area contributed by atoms with Crippen LogP contribution in [0.4, 0.5) is 5.69 Å². The molecule has 14 heavy (non-hydrogen) atoms. The molecule has 2 N–H and O–H groups in total. The first-order valence-electron chi connectivity index (χ1n) is 4.56. The van der Waals surface area contributed by atoms with Gasteiger partial charge in [0.2, 0.25) is 0 Å². The Bertz CT molecular complexity index is 331. The van der Waals surface area contributed by atoms with Crippen molar-refractivity contribution < 1.29 is 5.11 Å². The van der Waals surface area contributed by atoms with Gasteiger partial charge in [-0.25, -0.2) is 0 Å². The molecule has 0 spiro atoms. The van der Waals surface area contributed by atoms with E-state index in [0.29, 0.717) is 18.7 Å². The van der Waals surface area contributed by atoms with E-state index in [1.165, 1.54) is 0 Å².